The Kier molecular flexibility index (Phi) is 4.09. The van der Waals surface area contributed by atoms with Crippen LogP contribution < -0.4 is 10.6 Å². The number of rotatable bonds is 5. The summed E-state index contributed by atoms with van der Waals surface area (Å²) in [5, 5.41) is 9.13. The van der Waals surface area contributed by atoms with Crippen LogP contribution in [0.25, 0.3) is 0 Å². The highest BCUT2D eigenvalue weighted by molar-refractivity contribution is 5.95. The summed E-state index contributed by atoms with van der Waals surface area (Å²) < 4.78 is 0. The number of carboxylic acids is 1. The summed E-state index contributed by atoms with van der Waals surface area (Å²) in [6.07, 6.45) is 0. The number of hydrogen-bond acceptors (Lipinski definition) is 3. The first-order valence-corrected chi connectivity index (χ1v) is 5.33. The molecular weight excluding hydrogens is 220 g/mol. The van der Waals surface area contributed by atoms with Crippen LogP contribution in [0.3, 0.4) is 0 Å². The number of anilines is 1. The molecule has 17 heavy (non-hydrogen) atoms. The van der Waals surface area contributed by atoms with E-state index in [-0.39, 0.29) is 12.1 Å². The summed E-state index contributed by atoms with van der Waals surface area (Å²) in [6.45, 7) is 4.20. The van der Waals surface area contributed by atoms with Gasteiger partial charge in [-0.3, -0.25) is 4.79 Å². The molecule has 0 atom stereocenters. The summed E-state index contributed by atoms with van der Waals surface area (Å²) >= 11 is 0. The van der Waals surface area contributed by atoms with Crippen molar-refractivity contribution in [3.63, 3.8) is 0 Å². The third-order valence-electron chi connectivity index (χ3n) is 2.45. The largest absolute Gasteiger partial charge is 0.478 e. The van der Waals surface area contributed by atoms with E-state index in [1.54, 1.807) is 17.0 Å². The van der Waals surface area contributed by atoms with E-state index >= 15 is 0 Å². The van der Waals surface area contributed by atoms with Crippen LogP contribution in [0.1, 0.15) is 22.8 Å². The lowest BCUT2D eigenvalue weighted by Crippen LogP contribution is -2.34. The Morgan fingerprint density at radius 3 is 2.53 bits per heavy atom. The summed E-state index contributed by atoms with van der Waals surface area (Å²) in [4.78, 5) is 23.7. The molecule has 0 aliphatic carbocycles. The van der Waals surface area contributed by atoms with Crippen molar-refractivity contribution >= 4 is 17.6 Å². The maximum atomic E-state index is 11.1. The zero-order chi connectivity index (χ0) is 13.0. The van der Waals surface area contributed by atoms with E-state index in [2.05, 4.69) is 0 Å². The number of nitrogens with two attached hydrogens (primary N) is 1. The van der Waals surface area contributed by atoms with Crippen molar-refractivity contribution in [2.24, 2.45) is 5.73 Å². The lowest BCUT2D eigenvalue weighted by atomic mass is 10.1. The first-order valence-electron chi connectivity index (χ1n) is 5.33. The average Bonchev–Trinajstić information content (AvgIpc) is 2.25. The second-order valence-corrected chi connectivity index (χ2v) is 3.81. The van der Waals surface area contributed by atoms with Crippen LogP contribution >= 0.6 is 0 Å². The zero-order valence-corrected chi connectivity index (χ0v) is 9.93. The number of amides is 1. The van der Waals surface area contributed by atoms with Crippen molar-refractivity contribution in [3.05, 3.63) is 29.3 Å². The van der Waals surface area contributed by atoms with Gasteiger partial charge in [0, 0.05) is 6.54 Å². The van der Waals surface area contributed by atoms with Gasteiger partial charge in [0.2, 0.25) is 5.91 Å². The summed E-state index contributed by atoms with van der Waals surface area (Å²) in [7, 11) is 0. The monoisotopic (exact) mass is 236 g/mol. The third-order valence-corrected chi connectivity index (χ3v) is 2.45. The predicted molar refractivity (Wildman–Crippen MR) is 65.2 cm³/mol. The molecule has 92 valence electrons. The minimum atomic E-state index is -1.01. The molecule has 0 aliphatic rings. The Morgan fingerprint density at radius 1 is 1.41 bits per heavy atom. The molecule has 0 saturated carbocycles. The van der Waals surface area contributed by atoms with E-state index in [9.17, 15) is 9.59 Å². The van der Waals surface area contributed by atoms with Crippen LogP contribution in [-0.2, 0) is 4.79 Å². The Balaban J connectivity index is 3.18. The lowest BCUT2D eigenvalue weighted by molar-refractivity contribution is -0.116. The standard InChI is InChI=1S/C12H16N2O3/c1-3-14(7-11(13)15)10-5-4-8(2)6-9(10)12(16)17/h4-6H,3,7H2,1-2H3,(H2,13,15)(H,16,17). The number of benzene rings is 1. The van der Waals surface area contributed by atoms with Crippen molar-refractivity contribution in [2.75, 3.05) is 18.0 Å². The molecule has 0 unspecified atom stereocenters. The minimum Gasteiger partial charge on any atom is -0.478 e. The van der Waals surface area contributed by atoms with Gasteiger partial charge in [0.25, 0.3) is 0 Å². The fraction of sp³-hybridized carbons (Fsp3) is 0.333. The maximum Gasteiger partial charge on any atom is 0.337 e. The fourth-order valence-electron chi connectivity index (χ4n) is 1.65. The van der Waals surface area contributed by atoms with Crippen molar-refractivity contribution in [1.29, 1.82) is 0 Å². The minimum absolute atomic E-state index is 0.0137. The summed E-state index contributed by atoms with van der Waals surface area (Å²) in [5.41, 5.74) is 6.70. The molecule has 1 aromatic carbocycles. The Morgan fingerprint density at radius 2 is 2.06 bits per heavy atom. The highest BCUT2D eigenvalue weighted by Crippen LogP contribution is 2.21. The maximum absolute atomic E-state index is 11.1. The van der Waals surface area contributed by atoms with Crippen LogP contribution in [0.15, 0.2) is 18.2 Å². The highest BCUT2D eigenvalue weighted by Gasteiger charge is 2.16. The van der Waals surface area contributed by atoms with Gasteiger partial charge in [0.15, 0.2) is 0 Å². The first kappa shape index (κ1) is 13.0. The molecule has 0 fully saturated rings. The molecule has 5 heteroatoms. The SMILES string of the molecule is CCN(CC(N)=O)c1ccc(C)cc1C(=O)O. The van der Waals surface area contributed by atoms with Crippen molar-refractivity contribution in [1.82, 2.24) is 0 Å². The van der Waals surface area contributed by atoms with E-state index < -0.39 is 11.9 Å². The highest BCUT2D eigenvalue weighted by atomic mass is 16.4. The van der Waals surface area contributed by atoms with Crippen LogP contribution in [0, 0.1) is 6.92 Å². The second-order valence-electron chi connectivity index (χ2n) is 3.81. The van der Waals surface area contributed by atoms with Gasteiger partial charge in [-0.05, 0) is 26.0 Å². The summed E-state index contributed by atoms with van der Waals surface area (Å²) in [6, 6.07) is 5.10. The topological polar surface area (TPSA) is 83.6 Å². The molecule has 0 aromatic heterocycles. The molecule has 0 radical (unpaired) electrons. The molecule has 0 aliphatic heterocycles. The van der Waals surface area contributed by atoms with Gasteiger partial charge in [-0.2, -0.15) is 0 Å². The van der Waals surface area contributed by atoms with Crippen LogP contribution in [-0.4, -0.2) is 30.1 Å². The zero-order valence-electron chi connectivity index (χ0n) is 9.93. The summed E-state index contributed by atoms with van der Waals surface area (Å²) in [5.74, 6) is -1.49. The molecule has 0 saturated heterocycles. The van der Waals surface area contributed by atoms with Crippen LogP contribution in [0.4, 0.5) is 5.69 Å². The van der Waals surface area contributed by atoms with E-state index in [4.69, 9.17) is 10.8 Å². The van der Waals surface area contributed by atoms with Gasteiger partial charge in [-0.25, -0.2) is 4.79 Å². The number of carboxylic acid groups (broad SMARTS) is 1. The van der Waals surface area contributed by atoms with E-state index in [0.29, 0.717) is 12.2 Å². The van der Waals surface area contributed by atoms with Gasteiger partial charge in [0.1, 0.15) is 0 Å². The van der Waals surface area contributed by atoms with Gasteiger partial charge in [-0.1, -0.05) is 11.6 Å². The molecule has 0 spiro atoms. The number of carbonyl (C=O) groups excluding carboxylic acids is 1. The van der Waals surface area contributed by atoms with Crippen LogP contribution in [0.5, 0.6) is 0 Å². The molecular formula is C12H16N2O3. The van der Waals surface area contributed by atoms with Gasteiger partial charge in [-0.15, -0.1) is 0 Å². The molecule has 1 rings (SSSR count). The number of aryl methyl sites for hydroxylation is 1. The van der Waals surface area contributed by atoms with Crippen molar-refractivity contribution < 1.29 is 14.7 Å². The Bertz CT molecular complexity index is 443. The number of hydrogen-bond donors (Lipinski definition) is 2. The molecule has 3 N–H and O–H groups in total. The van der Waals surface area contributed by atoms with E-state index in [1.807, 2.05) is 19.9 Å². The van der Waals surface area contributed by atoms with Gasteiger partial charge in [0.05, 0.1) is 17.8 Å². The normalized spacial score (nSPS) is 10.0. The van der Waals surface area contributed by atoms with Gasteiger partial charge < -0.3 is 15.7 Å². The van der Waals surface area contributed by atoms with Gasteiger partial charge >= 0.3 is 5.97 Å². The third kappa shape index (κ3) is 3.21. The van der Waals surface area contributed by atoms with E-state index in [1.165, 1.54) is 0 Å². The molecule has 5 nitrogen and oxygen atoms in total. The lowest BCUT2D eigenvalue weighted by Gasteiger charge is -2.23. The van der Waals surface area contributed by atoms with Crippen molar-refractivity contribution in [3.8, 4) is 0 Å². The second kappa shape index (κ2) is 5.34. The number of carbonyl (C=O) groups is 2. The Hall–Kier alpha value is -2.04. The Labute approximate surface area is 99.8 Å². The number of nitrogens with zero attached hydrogens (tertiary/aromatic N) is 1. The number of likely N-dealkylation sites (N-methyl/N-ethyl adjacent to an activating group) is 1. The number of aromatic carboxylic acids is 1. The smallest absolute Gasteiger partial charge is 0.337 e. The quantitative estimate of drug-likeness (QED) is 0.799. The average molecular weight is 236 g/mol. The molecule has 1 amide bonds. The molecule has 1 aromatic rings. The van der Waals surface area contributed by atoms with Crippen molar-refractivity contribution in [2.45, 2.75) is 13.8 Å². The number of primary amides is 1. The molecule has 0 heterocycles. The molecule has 0 bridgehead atoms. The first-order chi connectivity index (χ1) is 7.95. The van der Waals surface area contributed by atoms with E-state index in [0.717, 1.165) is 5.56 Å². The van der Waals surface area contributed by atoms with Crippen LogP contribution in [0.2, 0.25) is 0 Å². The fourth-order valence-corrected chi connectivity index (χ4v) is 1.65. The predicted octanol–water partition coefficient (Wildman–Crippen LogP) is 1.00.